The van der Waals surface area contributed by atoms with E-state index in [2.05, 4.69) is 5.32 Å². The molecule has 7 heteroatoms. The molecule has 0 aromatic heterocycles. The predicted molar refractivity (Wildman–Crippen MR) is 91.1 cm³/mol. The van der Waals surface area contributed by atoms with E-state index in [0.717, 1.165) is 30.8 Å². The van der Waals surface area contributed by atoms with E-state index in [0.29, 0.717) is 23.4 Å². The van der Waals surface area contributed by atoms with Gasteiger partial charge in [0.15, 0.2) is 6.10 Å². The van der Waals surface area contributed by atoms with Crippen molar-refractivity contribution in [2.24, 2.45) is 0 Å². The molecule has 0 radical (unpaired) electrons. The molecular weight excluding hydrogens is 328 g/mol. The lowest BCUT2D eigenvalue weighted by molar-refractivity contribution is -0.138. The van der Waals surface area contributed by atoms with Crippen molar-refractivity contribution < 1.29 is 19.1 Å². The summed E-state index contributed by atoms with van der Waals surface area (Å²) in [5.41, 5.74) is 0.952. The van der Waals surface area contributed by atoms with Gasteiger partial charge >= 0.3 is 5.97 Å². The van der Waals surface area contributed by atoms with Crippen molar-refractivity contribution in [1.29, 1.82) is 0 Å². The van der Waals surface area contributed by atoms with Crippen LogP contribution in [0.25, 0.3) is 0 Å². The van der Waals surface area contributed by atoms with Crippen LogP contribution in [-0.4, -0.2) is 47.6 Å². The Morgan fingerprint density at radius 1 is 1.29 bits per heavy atom. The summed E-state index contributed by atoms with van der Waals surface area (Å²) in [6.45, 7) is 3.05. The number of carbonyl (C=O) groups excluding carboxylic acids is 3. The molecule has 1 aromatic rings. The fraction of sp³-hybridized carbons (Fsp3) is 0.471. The Morgan fingerprint density at radius 3 is 2.79 bits per heavy atom. The molecule has 1 fully saturated rings. The number of rotatable bonds is 3. The Labute approximate surface area is 144 Å². The fourth-order valence-corrected chi connectivity index (χ4v) is 3.76. The van der Waals surface area contributed by atoms with Crippen LogP contribution in [0, 0.1) is 0 Å². The first-order chi connectivity index (χ1) is 11.5. The van der Waals surface area contributed by atoms with Crippen molar-refractivity contribution in [1.82, 2.24) is 4.90 Å². The summed E-state index contributed by atoms with van der Waals surface area (Å²) in [6.07, 6.45) is 1.63. The van der Waals surface area contributed by atoms with E-state index in [4.69, 9.17) is 4.74 Å². The van der Waals surface area contributed by atoms with Crippen molar-refractivity contribution in [3.63, 3.8) is 0 Å². The molecule has 1 saturated heterocycles. The van der Waals surface area contributed by atoms with Crippen LogP contribution in [0.5, 0.6) is 0 Å². The van der Waals surface area contributed by atoms with Gasteiger partial charge in [-0.25, -0.2) is 4.79 Å². The van der Waals surface area contributed by atoms with E-state index < -0.39 is 12.1 Å². The second kappa shape index (κ2) is 7.25. The number of hydrogen-bond donors (Lipinski definition) is 1. The minimum absolute atomic E-state index is 0.0654. The highest BCUT2D eigenvalue weighted by molar-refractivity contribution is 7.99. The molecule has 1 N–H and O–H groups in total. The Hall–Kier alpha value is -2.02. The molecule has 24 heavy (non-hydrogen) atoms. The smallest absolute Gasteiger partial charge is 0.338 e. The first-order valence-electron chi connectivity index (χ1n) is 8.11. The van der Waals surface area contributed by atoms with Crippen LogP contribution >= 0.6 is 11.8 Å². The lowest BCUT2D eigenvalue weighted by Gasteiger charge is -2.20. The topological polar surface area (TPSA) is 75.7 Å². The summed E-state index contributed by atoms with van der Waals surface area (Å²) in [7, 11) is 0. The number of carbonyl (C=O) groups is 3. The first kappa shape index (κ1) is 16.8. The first-order valence-corrected chi connectivity index (χ1v) is 9.09. The maximum atomic E-state index is 12.3. The molecule has 128 valence electrons. The number of benzene rings is 1. The quantitative estimate of drug-likeness (QED) is 0.848. The van der Waals surface area contributed by atoms with Crippen molar-refractivity contribution in [3.8, 4) is 0 Å². The van der Waals surface area contributed by atoms with Gasteiger partial charge in [-0.15, -0.1) is 11.8 Å². The van der Waals surface area contributed by atoms with E-state index in [9.17, 15) is 14.4 Å². The normalized spacial score (nSPS) is 18.4. The molecule has 1 atom stereocenters. The third kappa shape index (κ3) is 3.72. The largest absolute Gasteiger partial charge is 0.449 e. The molecule has 0 spiro atoms. The molecule has 0 saturated carbocycles. The Morgan fingerprint density at radius 2 is 2.04 bits per heavy atom. The predicted octanol–water partition coefficient (Wildman–Crippen LogP) is 2.29. The Bertz CT molecular complexity index is 671. The zero-order valence-electron chi connectivity index (χ0n) is 13.5. The van der Waals surface area contributed by atoms with Crippen LogP contribution in [0.15, 0.2) is 23.1 Å². The number of thioether (sulfide) groups is 1. The SMILES string of the molecule is C[C@H](OC(=O)c1ccc2c(c1)NC(=O)CCS2)C(=O)N1CCCC1. The van der Waals surface area contributed by atoms with Crippen LogP contribution < -0.4 is 5.32 Å². The Kier molecular flexibility index (Phi) is 5.08. The number of nitrogens with zero attached hydrogens (tertiary/aromatic N) is 1. The van der Waals surface area contributed by atoms with E-state index in [-0.39, 0.29) is 11.8 Å². The van der Waals surface area contributed by atoms with Gasteiger partial charge in [-0.05, 0) is 38.0 Å². The summed E-state index contributed by atoms with van der Waals surface area (Å²) in [4.78, 5) is 38.8. The molecule has 0 unspecified atom stereocenters. The van der Waals surface area contributed by atoms with Gasteiger partial charge in [-0.1, -0.05) is 0 Å². The second-order valence-corrected chi connectivity index (χ2v) is 7.07. The lowest BCUT2D eigenvalue weighted by atomic mass is 10.2. The van der Waals surface area contributed by atoms with Crippen molar-refractivity contribution >= 4 is 35.2 Å². The zero-order valence-corrected chi connectivity index (χ0v) is 14.4. The number of ether oxygens (including phenoxy) is 1. The Balaban J connectivity index is 1.68. The van der Waals surface area contributed by atoms with E-state index >= 15 is 0 Å². The number of fused-ring (bicyclic) bond motifs is 1. The van der Waals surface area contributed by atoms with Crippen LogP contribution in [0.1, 0.15) is 36.5 Å². The third-order valence-electron chi connectivity index (χ3n) is 4.13. The number of nitrogens with one attached hydrogen (secondary N) is 1. The number of esters is 1. The molecule has 1 aromatic carbocycles. The third-order valence-corrected chi connectivity index (χ3v) is 5.20. The van der Waals surface area contributed by atoms with Gasteiger partial charge in [0.25, 0.3) is 5.91 Å². The van der Waals surface area contributed by atoms with Gasteiger partial charge < -0.3 is 15.0 Å². The summed E-state index contributed by atoms with van der Waals surface area (Å²) in [5, 5.41) is 2.80. The van der Waals surface area contributed by atoms with Gasteiger partial charge in [0.05, 0.1) is 11.3 Å². The number of likely N-dealkylation sites (tertiary alicyclic amines) is 1. The highest BCUT2D eigenvalue weighted by atomic mass is 32.2. The van der Waals surface area contributed by atoms with E-state index in [1.165, 1.54) is 0 Å². The average molecular weight is 348 g/mol. The summed E-state index contributed by atoms with van der Waals surface area (Å²) < 4.78 is 5.31. The number of hydrogen-bond acceptors (Lipinski definition) is 5. The summed E-state index contributed by atoms with van der Waals surface area (Å²) in [5.74, 6) is -0.0607. The van der Waals surface area contributed by atoms with Gasteiger partial charge in [-0.3, -0.25) is 9.59 Å². The molecule has 0 bridgehead atoms. The minimum Gasteiger partial charge on any atom is -0.449 e. The monoisotopic (exact) mass is 348 g/mol. The van der Waals surface area contributed by atoms with Gasteiger partial charge in [0.2, 0.25) is 5.91 Å². The maximum Gasteiger partial charge on any atom is 0.338 e. The molecule has 2 aliphatic heterocycles. The standard InChI is InChI=1S/C17H20N2O4S/c1-11(16(21)19-7-2-3-8-19)23-17(22)12-4-5-14-13(10-12)18-15(20)6-9-24-14/h4-5,10-11H,2-3,6-9H2,1H3,(H,18,20)/t11-/m0/s1. The number of amides is 2. The van der Waals surface area contributed by atoms with Crippen LogP contribution in [0.3, 0.4) is 0 Å². The van der Waals surface area contributed by atoms with Gasteiger partial charge in [0.1, 0.15) is 0 Å². The molecule has 2 aliphatic rings. The van der Waals surface area contributed by atoms with Gasteiger partial charge in [0, 0.05) is 30.2 Å². The van der Waals surface area contributed by atoms with Crippen LogP contribution in [0.2, 0.25) is 0 Å². The molecule has 2 amide bonds. The van der Waals surface area contributed by atoms with E-state index in [1.807, 2.05) is 0 Å². The maximum absolute atomic E-state index is 12.3. The minimum atomic E-state index is -0.807. The molecule has 3 rings (SSSR count). The molecule has 2 heterocycles. The summed E-state index contributed by atoms with van der Waals surface area (Å²) >= 11 is 1.57. The molecule has 6 nitrogen and oxygen atoms in total. The van der Waals surface area contributed by atoms with Crippen molar-refractivity contribution in [2.75, 3.05) is 24.2 Å². The van der Waals surface area contributed by atoms with Crippen molar-refractivity contribution in [3.05, 3.63) is 23.8 Å². The highest BCUT2D eigenvalue weighted by Gasteiger charge is 2.26. The number of anilines is 1. The second-order valence-electron chi connectivity index (χ2n) is 5.94. The zero-order chi connectivity index (χ0) is 17.1. The van der Waals surface area contributed by atoms with Crippen molar-refractivity contribution in [2.45, 2.75) is 37.2 Å². The van der Waals surface area contributed by atoms with Crippen LogP contribution in [-0.2, 0) is 14.3 Å². The molecule has 0 aliphatic carbocycles. The molecular formula is C17H20N2O4S. The van der Waals surface area contributed by atoms with Gasteiger partial charge in [-0.2, -0.15) is 0 Å². The van der Waals surface area contributed by atoms with Crippen LogP contribution in [0.4, 0.5) is 5.69 Å². The summed E-state index contributed by atoms with van der Waals surface area (Å²) in [6, 6.07) is 5.08. The fourth-order valence-electron chi connectivity index (χ4n) is 2.82. The highest BCUT2D eigenvalue weighted by Crippen LogP contribution is 2.31. The lowest BCUT2D eigenvalue weighted by Crippen LogP contribution is -2.38. The van der Waals surface area contributed by atoms with E-state index in [1.54, 1.807) is 41.8 Å². The average Bonchev–Trinajstić information content (AvgIpc) is 3.03.